The summed E-state index contributed by atoms with van der Waals surface area (Å²) in [4.78, 5) is 0. The maximum atomic E-state index is 13.8. The van der Waals surface area contributed by atoms with Crippen LogP contribution in [0, 0.1) is 5.82 Å². The predicted molar refractivity (Wildman–Crippen MR) is 81.1 cm³/mol. The van der Waals surface area contributed by atoms with Crippen LogP contribution in [0.5, 0.6) is 11.5 Å². The first kappa shape index (κ1) is 15.0. The van der Waals surface area contributed by atoms with Crippen LogP contribution in [0.2, 0.25) is 0 Å². The zero-order chi connectivity index (χ0) is 14.4. The van der Waals surface area contributed by atoms with E-state index in [2.05, 4.69) is 15.9 Å². The minimum absolute atomic E-state index is 0.236. The molecule has 0 aliphatic carbocycles. The van der Waals surface area contributed by atoms with E-state index >= 15 is 0 Å². The van der Waals surface area contributed by atoms with Crippen LogP contribution in [0.15, 0.2) is 42.5 Å². The van der Waals surface area contributed by atoms with Crippen molar-refractivity contribution in [3.05, 3.63) is 59.4 Å². The van der Waals surface area contributed by atoms with Crippen molar-refractivity contribution in [3.63, 3.8) is 0 Å². The zero-order valence-electron chi connectivity index (χ0n) is 11.2. The quantitative estimate of drug-likeness (QED) is 0.710. The van der Waals surface area contributed by atoms with Crippen LogP contribution in [0.3, 0.4) is 0 Å². The molecular weight excluding hydrogens is 323 g/mol. The third-order valence-electron chi connectivity index (χ3n) is 2.90. The number of benzene rings is 2. The maximum Gasteiger partial charge on any atom is 0.166 e. The molecule has 4 heteroatoms. The van der Waals surface area contributed by atoms with Crippen molar-refractivity contribution in [2.75, 3.05) is 13.7 Å². The Morgan fingerprint density at radius 2 is 1.75 bits per heavy atom. The zero-order valence-corrected chi connectivity index (χ0v) is 12.8. The highest BCUT2D eigenvalue weighted by Gasteiger charge is 2.06. The molecule has 0 heterocycles. The van der Waals surface area contributed by atoms with Gasteiger partial charge in [0.25, 0.3) is 0 Å². The van der Waals surface area contributed by atoms with Gasteiger partial charge in [-0.25, -0.2) is 4.39 Å². The lowest BCUT2D eigenvalue weighted by molar-refractivity contribution is 0.202. The first-order valence-electron chi connectivity index (χ1n) is 6.33. The van der Waals surface area contributed by atoms with Gasteiger partial charge in [0.1, 0.15) is 5.75 Å². The second kappa shape index (κ2) is 7.41. The van der Waals surface area contributed by atoms with E-state index in [1.807, 2.05) is 30.3 Å². The molecule has 0 unspecified atom stereocenters. The average molecular weight is 339 g/mol. The first-order chi connectivity index (χ1) is 9.72. The normalized spacial score (nSPS) is 10.6. The lowest BCUT2D eigenvalue weighted by atomic mass is 10.1. The molecule has 0 spiro atoms. The number of hydrogen-bond donors (Lipinski definition) is 0. The van der Waals surface area contributed by atoms with Crippen LogP contribution < -0.4 is 4.74 Å². The van der Waals surface area contributed by atoms with Gasteiger partial charge in [0.2, 0.25) is 0 Å². The monoisotopic (exact) mass is 338 g/mol. The van der Waals surface area contributed by atoms with Crippen LogP contribution >= 0.6 is 15.9 Å². The summed E-state index contributed by atoms with van der Waals surface area (Å²) in [5.74, 6) is 0.501. The Bertz CT molecular complexity index is 555. The molecule has 0 aliphatic rings. The fraction of sp³-hybridized carbons (Fsp3) is 0.250. The third-order valence-corrected chi connectivity index (χ3v) is 3.54. The summed E-state index contributed by atoms with van der Waals surface area (Å²) in [6, 6.07) is 12.5. The van der Waals surface area contributed by atoms with Crippen LogP contribution in [0.25, 0.3) is 0 Å². The van der Waals surface area contributed by atoms with E-state index in [0.717, 1.165) is 17.5 Å². The molecule has 0 atom stereocenters. The summed E-state index contributed by atoms with van der Waals surface area (Å²) in [6.45, 7) is 0.683. The molecule has 2 aromatic carbocycles. The second-order valence-electron chi connectivity index (χ2n) is 4.39. The fourth-order valence-electron chi connectivity index (χ4n) is 1.78. The minimum Gasteiger partial charge on any atom is -0.454 e. The summed E-state index contributed by atoms with van der Waals surface area (Å²) >= 11 is 3.29. The van der Waals surface area contributed by atoms with E-state index in [0.29, 0.717) is 17.7 Å². The van der Waals surface area contributed by atoms with Crippen molar-refractivity contribution in [1.29, 1.82) is 0 Å². The first-order valence-corrected chi connectivity index (χ1v) is 7.45. The van der Waals surface area contributed by atoms with E-state index in [1.165, 1.54) is 6.07 Å². The maximum absolute atomic E-state index is 13.8. The molecule has 0 amide bonds. The molecule has 106 valence electrons. The number of rotatable bonds is 6. The lowest BCUT2D eigenvalue weighted by Gasteiger charge is -2.08. The van der Waals surface area contributed by atoms with Crippen molar-refractivity contribution in [3.8, 4) is 11.5 Å². The molecular formula is C16H16BrFO2. The smallest absolute Gasteiger partial charge is 0.166 e. The standard InChI is InChI=1S/C16H16BrFO2/c1-19-9-8-12-2-5-14(6-3-12)20-16-7-4-13(11-17)10-15(16)18/h2-7,10H,8-9,11H2,1H3. The van der Waals surface area contributed by atoms with Gasteiger partial charge in [-0.3, -0.25) is 0 Å². The van der Waals surface area contributed by atoms with E-state index < -0.39 is 0 Å². The topological polar surface area (TPSA) is 18.5 Å². The van der Waals surface area contributed by atoms with Crippen molar-refractivity contribution in [2.24, 2.45) is 0 Å². The van der Waals surface area contributed by atoms with E-state index in [4.69, 9.17) is 9.47 Å². The Morgan fingerprint density at radius 1 is 1.05 bits per heavy atom. The highest BCUT2D eigenvalue weighted by molar-refractivity contribution is 9.08. The number of halogens is 2. The highest BCUT2D eigenvalue weighted by Crippen LogP contribution is 2.26. The molecule has 2 nitrogen and oxygen atoms in total. The molecule has 2 aromatic rings. The van der Waals surface area contributed by atoms with Crippen LogP contribution in [-0.4, -0.2) is 13.7 Å². The van der Waals surface area contributed by atoms with Gasteiger partial charge < -0.3 is 9.47 Å². The summed E-state index contributed by atoms with van der Waals surface area (Å²) in [6.07, 6.45) is 0.852. The molecule has 20 heavy (non-hydrogen) atoms. The Morgan fingerprint density at radius 3 is 2.35 bits per heavy atom. The molecule has 0 aliphatic heterocycles. The van der Waals surface area contributed by atoms with Crippen molar-refractivity contribution < 1.29 is 13.9 Å². The SMILES string of the molecule is COCCc1ccc(Oc2ccc(CBr)cc2F)cc1. The van der Waals surface area contributed by atoms with Crippen molar-refractivity contribution >= 4 is 15.9 Å². The van der Waals surface area contributed by atoms with Gasteiger partial charge in [-0.2, -0.15) is 0 Å². The molecule has 0 aromatic heterocycles. The van der Waals surface area contributed by atoms with Crippen LogP contribution in [-0.2, 0) is 16.5 Å². The molecule has 0 saturated carbocycles. The van der Waals surface area contributed by atoms with E-state index in [9.17, 15) is 4.39 Å². The lowest BCUT2D eigenvalue weighted by Crippen LogP contribution is -1.94. The Kier molecular flexibility index (Phi) is 5.56. The number of alkyl halides is 1. The van der Waals surface area contributed by atoms with E-state index in [1.54, 1.807) is 13.2 Å². The highest BCUT2D eigenvalue weighted by atomic mass is 79.9. The van der Waals surface area contributed by atoms with E-state index in [-0.39, 0.29) is 11.6 Å². The largest absolute Gasteiger partial charge is 0.454 e. The third kappa shape index (κ3) is 4.05. The van der Waals surface area contributed by atoms with Gasteiger partial charge in [0.15, 0.2) is 11.6 Å². The Hall–Kier alpha value is -1.39. The second-order valence-corrected chi connectivity index (χ2v) is 4.95. The Labute approximate surface area is 126 Å². The number of hydrogen-bond acceptors (Lipinski definition) is 2. The van der Waals surface area contributed by atoms with Crippen molar-refractivity contribution in [2.45, 2.75) is 11.8 Å². The average Bonchev–Trinajstić information content (AvgIpc) is 2.48. The summed E-state index contributed by atoms with van der Waals surface area (Å²) < 4.78 is 24.4. The van der Waals surface area contributed by atoms with Gasteiger partial charge >= 0.3 is 0 Å². The molecule has 2 rings (SSSR count). The van der Waals surface area contributed by atoms with Gasteiger partial charge in [-0.15, -0.1) is 0 Å². The van der Waals surface area contributed by atoms with Gasteiger partial charge in [-0.05, 0) is 41.8 Å². The molecule has 0 N–H and O–H groups in total. The fourth-order valence-corrected chi connectivity index (χ4v) is 2.13. The predicted octanol–water partition coefficient (Wildman–Crippen LogP) is 4.70. The minimum atomic E-state index is -0.356. The molecule has 0 bridgehead atoms. The van der Waals surface area contributed by atoms with Gasteiger partial charge in [0.05, 0.1) is 6.61 Å². The molecule has 0 saturated heterocycles. The van der Waals surface area contributed by atoms with Crippen molar-refractivity contribution in [1.82, 2.24) is 0 Å². The van der Waals surface area contributed by atoms with Gasteiger partial charge in [-0.1, -0.05) is 34.1 Å². The molecule has 0 radical (unpaired) electrons. The molecule has 0 fully saturated rings. The summed E-state index contributed by atoms with van der Waals surface area (Å²) in [7, 11) is 1.68. The van der Waals surface area contributed by atoms with Crippen LogP contribution in [0.4, 0.5) is 4.39 Å². The van der Waals surface area contributed by atoms with Gasteiger partial charge in [0, 0.05) is 12.4 Å². The number of methoxy groups -OCH3 is 1. The Balaban J connectivity index is 2.06. The summed E-state index contributed by atoms with van der Waals surface area (Å²) in [5, 5.41) is 0.623. The number of ether oxygens (including phenoxy) is 2. The summed E-state index contributed by atoms with van der Waals surface area (Å²) in [5.41, 5.74) is 2.04. The van der Waals surface area contributed by atoms with Crippen LogP contribution in [0.1, 0.15) is 11.1 Å².